The van der Waals surface area contributed by atoms with Crippen LogP contribution in [0.1, 0.15) is 28.9 Å². The summed E-state index contributed by atoms with van der Waals surface area (Å²) in [4.78, 5) is 25.0. The Labute approximate surface area is 178 Å². The molecule has 1 aliphatic carbocycles. The average Bonchev–Trinajstić information content (AvgIpc) is 3.16. The second kappa shape index (κ2) is 8.80. The maximum atomic E-state index is 12.2. The van der Waals surface area contributed by atoms with Gasteiger partial charge in [-0.3, -0.25) is 4.79 Å². The number of fused-ring (bicyclic) bond motifs is 1. The first kappa shape index (κ1) is 19.7. The molecular weight excluding hydrogens is 406 g/mol. The van der Waals surface area contributed by atoms with Crippen LogP contribution in [0.4, 0.5) is 11.6 Å². The van der Waals surface area contributed by atoms with Gasteiger partial charge in [0.05, 0.1) is 5.75 Å². The number of carbonyl (C=O) groups is 1. The molecule has 29 heavy (non-hydrogen) atoms. The van der Waals surface area contributed by atoms with Crippen molar-refractivity contribution in [1.82, 2.24) is 15.0 Å². The number of aromatic nitrogens is 3. The molecule has 4 rings (SSSR count). The van der Waals surface area contributed by atoms with Gasteiger partial charge in [0.2, 0.25) is 11.9 Å². The van der Waals surface area contributed by atoms with Crippen LogP contribution in [0.2, 0.25) is 5.02 Å². The standard InChI is InChI=1S/C21H20ClN5OS/c22-16-6-8-17(9-7-16)24-19(28)12-29-21-26-18(25-20(23)27-21)11-13-4-5-14-2-1-3-15(14)10-13/h4-10H,1-3,11-12H2,(H,24,28)(H2,23,25,26,27). The Bertz CT molecular complexity index is 1040. The van der Waals surface area contributed by atoms with E-state index in [4.69, 9.17) is 17.3 Å². The van der Waals surface area contributed by atoms with Crippen LogP contribution in [0.15, 0.2) is 47.6 Å². The molecule has 0 unspecified atom stereocenters. The number of nitrogen functional groups attached to an aromatic ring is 1. The molecule has 148 valence electrons. The van der Waals surface area contributed by atoms with Crippen molar-refractivity contribution >= 4 is 40.9 Å². The Hall–Kier alpha value is -2.64. The van der Waals surface area contributed by atoms with Gasteiger partial charge < -0.3 is 11.1 Å². The lowest BCUT2D eigenvalue weighted by Gasteiger charge is -2.07. The summed E-state index contributed by atoms with van der Waals surface area (Å²) in [5.74, 6) is 0.786. The summed E-state index contributed by atoms with van der Waals surface area (Å²) in [6.45, 7) is 0. The Morgan fingerprint density at radius 3 is 2.69 bits per heavy atom. The van der Waals surface area contributed by atoms with Gasteiger partial charge in [0, 0.05) is 17.1 Å². The van der Waals surface area contributed by atoms with Gasteiger partial charge in [-0.2, -0.15) is 9.97 Å². The number of nitrogens with zero attached hydrogens (tertiary/aromatic N) is 3. The zero-order valence-corrected chi connectivity index (χ0v) is 17.3. The Morgan fingerprint density at radius 1 is 1.07 bits per heavy atom. The smallest absolute Gasteiger partial charge is 0.234 e. The zero-order valence-electron chi connectivity index (χ0n) is 15.7. The number of nitrogens with two attached hydrogens (primary N) is 1. The molecule has 2 aromatic carbocycles. The van der Waals surface area contributed by atoms with Gasteiger partial charge in [-0.1, -0.05) is 41.6 Å². The summed E-state index contributed by atoms with van der Waals surface area (Å²) in [6, 6.07) is 13.5. The number of anilines is 2. The van der Waals surface area contributed by atoms with Crippen molar-refractivity contribution in [1.29, 1.82) is 0 Å². The third-order valence-electron chi connectivity index (χ3n) is 4.66. The molecule has 0 aliphatic heterocycles. The van der Waals surface area contributed by atoms with Crippen LogP contribution in [-0.2, 0) is 24.1 Å². The van der Waals surface area contributed by atoms with Crippen molar-refractivity contribution in [2.75, 3.05) is 16.8 Å². The van der Waals surface area contributed by atoms with Crippen molar-refractivity contribution in [3.63, 3.8) is 0 Å². The van der Waals surface area contributed by atoms with E-state index in [9.17, 15) is 4.79 Å². The summed E-state index contributed by atoms with van der Waals surface area (Å²) < 4.78 is 0. The van der Waals surface area contributed by atoms with E-state index in [0.29, 0.717) is 28.1 Å². The Morgan fingerprint density at radius 2 is 1.86 bits per heavy atom. The predicted octanol–water partition coefficient (Wildman–Crippen LogP) is 3.92. The highest BCUT2D eigenvalue weighted by molar-refractivity contribution is 7.99. The normalized spacial score (nSPS) is 12.6. The minimum absolute atomic E-state index is 0.156. The first-order valence-electron chi connectivity index (χ1n) is 9.34. The van der Waals surface area contributed by atoms with Crippen molar-refractivity contribution in [2.24, 2.45) is 0 Å². The highest BCUT2D eigenvalue weighted by Crippen LogP contribution is 2.24. The monoisotopic (exact) mass is 425 g/mol. The van der Waals surface area contributed by atoms with Gasteiger partial charge >= 0.3 is 0 Å². The van der Waals surface area contributed by atoms with Gasteiger partial charge in [0.1, 0.15) is 5.82 Å². The molecule has 0 bridgehead atoms. The number of amides is 1. The molecule has 1 heterocycles. The minimum atomic E-state index is -0.156. The summed E-state index contributed by atoms with van der Waals surface area (Å²) in [5.41, 5.74) is 10.6. The molecular formula is C21H20ClN5OS. The summed E-state index contributed by atoms with van der Waals surface area (Å²) in [6.07, 6.45) is 4.10. The molecule has 0 radical (unpaired) electrons. The van der Waals surface area contributed by atoms with E-state index in [-0.39, 0.29) is 17.6 Å². The van der Waals surface area contributed by atoms with Crippen molar-refractivity contribution in [3.8, 4) is 0 Å². The lowest BCUT2D eigenvalue weighted by Crippen LogP contribution is -2.14. The van der Waals surface area contributed by atoms with Gasteiger partial charge in [0.15, 0.2) is 5.16 Å². The Balaban J connectivity index is 1.39. The maximum absolute atomic E-state index is 12.2. The molecule has 8 heteroatoms. The number of nitrogens with one attached hydrogen (secondary N) is 1. The van der Waals surface area contributed by atoms with E-state index in [0.717, 1.165) is 18.4 Å². The van der Waals surface area contributed by atoms with E-state index in [1.54, 1.807) is 24.3 Å². The van der Waals surface area contributed by atoms with Crippen LogP contribution >= 0.6 is 23.4 Å². The second-order valence-electron chi connectivity index (χ2n) is 6.87. The van der Waals surface area contributed by atoms with Crippen LogP contribution in [0.5, 0.6) is 0 Å². The largest absolute Gasteiger partial charge is 0.368 e. The number of thioether (sulfide) groups is 1. The number of carbonyl (C=O) groups excluding carboxylic acids is 1. The van der Waals surface area contributed by atoms with Crippen LogP contribution in [0, 0.1) is 0 Å². The fourth-order valence-electron chi connectivity index (χ4n) is 3.34. The number of hydrogen-bond donors (Lipinski definition) is 2. The fourth-order valence-corrected chi connectivity index (χ4v) is 4.12. The first-order valence-corrected chi connectivity index (χ1v) is 10.7. The molecule has 6 nitrogen and oxygen atoms in total. The Kier molecular flexibility index (Phi) is 5.97. The third-order valence-corrected chi connectivity index (χ3v) is 5.76. The SMILES string of the molecule is Nc1nc(Cc2ccc3c(c2)CCC3)nc(SCC(=O)Nc2ccc(Cl)cc2)n1. The van der Waals surface area contributed by atoms with Gasteiger partial charge in [-0.15, -0.1) is 0 Å². The molecule has 0 fully saturated rings. The molecule has 0 saturated heterocycles. The molecule has 1 amide bonds. The number of rotatable bonds is 6. The number of benzene rings is 2. The van der Waals surface area contributed by atoms with E-state index in [1.807, 2.05) is 0 Å². The number of aryl methyl sites for hydroxylation is 2. The summed E-state index contributed by atoms with van der Waals surface area (Å²) in [7, 11) is 0. The van der Waals surface area contributed by atoms with Crippen LogP contribution in [0.25, 0.3) is 0 Å². The topological polar surface area (TPSA) is 93.8 Å². The summed E-state index contributed by atoms with van der Waals surface area (Å²) in [5, 5.41) is 3.88. The average molecular weight is 426 g/mol. The molecule has 1 aromatic heterocycles. The molecule has 3 aromatic rings. The number of hydrogen-bond acceptors (Lipinski definition) is 6. The zero-order chi connectivity index (χ0) is 20.2. The van der Waals surface area contributed by atoms with Crippen molar-refractivity contribution in [3.05, 3.63) is 70.0 Å². The first-order chi connectivity index (χ1) is 14.0. The molecule has 0 saturated carbocycles. The third kappa shape index (κ3) is 5.25. The lowest BCUT2D eigenvalue weighted by atomic mass is 10.0. The molecule has 0 spiro atoms. The minimum Gasteiger partial charge on any atom is -0.368 e. The predicted molar refractivity (Wildman–Crippen MR) is 116 cm³/mol. The van der Waals surface area contributed by atoms with Gasteiger partial charge in [0.25, 0.3) is 0 Å². The number of halogens is 1. The van der Waals surface area contributed by atoms with E-state index in [2.05, 4.69) is 38.5 Å². The van der Waals surface area contributed by atoms with E-state index in [1.165, 1.54) is 29.3 Å². The van der Waals surface area contributed by atoms with Gasteiger partial charge in [-0.05, 0) is 60.2 Å². The van der Waals surface area contributed by atoms with Crippen LogP contribution in [0.3, 0.4) is 0 Å². The second-order valence-corrected chi connectivity index (χ2v) is 8.25. The highest BCUT2D eigenvalue weighted by Gasteiger charge is 2.13. The van der Waals surface area contributed by atoms with Gasteiger partial charge in [-0.25, -0.2) is 4.98 Å². The van der Waals surface area contributed by atoms with Crippen molar-refractivity contribution < 1.29 is 4.79 Å². The summed E-state index contributed by atoms with van der Waals surface area (Å²) >= 11 is 7.08. The van der Waals surface area contributed by atoms with Crippen LogP contribution in [-0.4, -0.2) is 26.6 Å². The maximum Gasteiger partial charge on any atom is 0.234 e. The highest BCUT2D eigenvalue weighted by atomic mass is 35.5. The lowest BCUT2D eigenvalue weighted by molar-refractivity contribution is -0.113. The molecule has 0 atom stereocenters. The van der Waals surface area contributed by atoms with E-state index >= 15 is 0 Å². The van der Waals surface area contributed by atoms with Crippen molar-refractivity contribution in [2.45, 2.75) is 30.8 Å². The molecule has 1 aliphatic rings. The quantitative estimate of drug-likeness (QED) is 0.581. The fraction of sp³-hybridized carbons (Fsp3) is 0.238. The van der Waals surface area contributed by atoms with E-state index < -0.39 is 0 Å². The molecule has 3 N–H and O–H groups in total. The van der Waals surface area contributed by atoms with Crippen LogP contribution < -0.4 is 11.1 Å².